The quantitative estimate of drug-likeness (QED) is 0.810. The third-order valence-corrected chi connectivity index (χ3v) is 3.28. The van der Waals surface area contributed by atoms with Crippen LogP contribution in [0, 0.1) is 13.8 Å². The number of aromatic nitrogens is 2. The monoisotopic (exact) mass is 225 g/mol. The molecule has 0 aromatic carbocycles. The maximum atomic E-state index is 5.78. The van der Waals surface area contributed by atoms with E-state index in [9.17, 15) is 0 Å². The van der Waals surface area contributed by atoms with E-state index in [1.807, 2.05) is 6.08 Å². The van der Waals surface area contributed by atoms with Crippen molar-refractivity contribution < 1.29 is 0 Å². The molecule has 0 aliphatic heterocycles. The fourth-order valence-corrected chi connectivity index (χ4v) is 2.11. The largest absolute Gasteiger partial charge is 0.402 e. The zero-order chi connectivity index (χ0) is 12.0. The molecule has 3 heteroatoms. The average molecular weight is 225 g/mol. The fourth-order valence-electron chi connectivity index (χ4n) is 2.11. The molecule has 0 saturated carbocycles. The molecule has 0 unspecified atom stereocenters. The second-order valence-corrected chi connectivity index (χ2v) is 4.64. The van der Waals surface area contributed by atoms with Gasteiger partial charge in [0.1, 0.15) is 5.65 Å². The van der Waals surface area contributed by atoms with E-state index < -0.39 is 0 Å². The molecule has 17 heavy (non-hydrogen) atoms. The molecule has 0 atom stereocenters. The van der Waals surface area contributed by atoms with Crippen LogP contribution in [0.5, 0.6) is 0 Å². The number of hydrogen-bond donors (Lipinski definition) is 1. The minimum absolute atomic E-state index is 0.807. The molecule has 0 radical (unpaired) electrons. The Morgan fingerprint density at radius 1 is 1.18 bits per heavy atom. The van der Waals surface area contributed by atoms with Crippen LogP contribution in [-0.4, -0.2) is 9.38 Å². The van der Waals surface area contributed by atoms with Crippen molar-refractivity contribution in [2.24, 2.45) is 5.73 Å². The number of hydrogen-bond acceptors (Lipinski definition) is 2. The number of nitrogens with two attached hydrogens (primary N) is 1. The summed E-state index contributed by atoms with van der Waals surface area (Å²) in [6.07, 6.45) is 9.00. The van der Waals surface area contributed by atoms with Gasteiger partial charge in [-0.05, 0) is 42.7 Å². The van der Waals surface area contributed by atoms with Gasteiger partial charge in [0.25, 0.3) is 0 Å². The first-order valence-corrected chi connectivity index (χ1v) is 5.75. The highest BCUT2D eigenvalue weighted by molar-refractivity contribution is 5.71. The molecular weight excluding hydrogens is 210 g/mol. The summed E-state index contributed by atoms with van der Waals surface area (Å²) < 4.78 is 2.08. The van der Waals surface area contributed by atoms with Gasteiger partial charge in [0.05, 0.1) is 5.69 Å². The Kier molecular flexibility index (Phi) is 2.08. The fraction of sp³-hybridized carbons (Fsp3) is 0.214. The van der Waals surface area contributed by atoms with Crippen molar-refractivity contribution in [3.05, 3.63) is 53.1 Å². The van der Waals surface area contributed by atoms with E-state index in [1.165, 1.54) is 16.7 Å². The Hall–Kier alpha value is -2.03. The zero-order valence-electron chi connectivity index (χ0n) is 10.1. The molecule has 3 nitrogen and oxygen atoms in total. The summed E-state index contributed by atoms with van der Waals surface area (Å²) in [6.45, 7) is 4.22. The van der Waals surface area contributed by atoms with E-state index in [-0.39, 0.29) is 0 Å². The first-order valence-electron chi connectivity index (χ1n) is 5.75. The number of nitrogens with zero attached hydrogens (tertiary/aromatic N) is 2. The summed E-state index contributed by atoms with van der Waals surface area (Å²) in [5, 5.41) is 0. The van der Waals surface area contributed by atoms with Crippen LogP contribution >= 0.6 is 0 Å². The standard InChI is InChI=1S/C14H15N3/c1-9-5-14-16-13(8-17(14)7-10(9)2)11-3-4-12(15)6-11/h3-5,7-8H,6,15H2,1-2H3. The van der Waals surface area contributed by atoms with Crippen LogP contribution in [-0.2, 0) is 0 Å². The molecule has 2 heterocycles. The second kappa shape index (κ2) is 3.48. The second-order valence-electron chi connectivity index (χ2n) is 4.64. The first-order chi connectivity index (χ1) is 8.13. The molecule has 2 aromatic rings. The van der Waals surface area contributed by atoms with Crippen LogP contribution in [0.1, 0.15) is 23.2 Å². The van der Waals surface area contributed by atoms with Crippen molar-refractivity contribution in [1.82, 2.24) is 9.38 Å². The van der Waals surface area contributed by atoms with Crippen molar-refractivity contribution >= 4 is 11.2 Å². The molecule has 2 aromatic heterocycles. The van der Waals surface area contributed by atoms with E-state index in [1.54, 1.807) is 0 Å². The van der Waals surface area contributed by atoms with Crippen LogP contribution in [0.4, 0.5) is 0 Å². The summed E-state index contributed by atoms with van der Waals surface area (Å²) in [5.41, 5.74) is 12.4. The van der Waals surface area contributed by atoms with Gasteiger partial charge in [0, 0.05) is 24.5 Å². The number of aryl methyl sites for hydroxylation is 2. The number of imidazole rings is 1. The maximum absolute atomic E-state index is 5.78. The molecule has 0 spiro atoms. The van der Waals surface area contributed by atoms with Gasteiger partial charge < -0.3 is 10.1 Å². The number of rotatable bonds is 1. The highest BCUT2D eigenvalue weighted by atomic mass is 15.0. The highest BCUT2D eigenvalue weighted by Gasteiger charge is 2.11. The predicted octanol–water partition coefficient (Wildman–Crippen LogP) is 2.58. The molecule has 0 bridgehead atoms. The maximum Gasteiger partial charge on any atom is 0.137 e. The molecule has 0 fully saturated rings. The Morgan fingerprint density at radius 2 is 2.00 bits per heavy atom. The Morgan fingerprint density at radius 3 is 2.71 bits per heavy atom. The molecule has 0 saturated heterocycles. The Labute approximate surface area is 100 Å². The summed E-state index contributed by atoms with van der Waals surface area (Å²) in [5.74, 6) is 0. The van der Waals surface area contributed by atoms with E-state index in [2.05, 4.69) is 47.8 Å². The minimum atomic E-state index is 0.807. The average Bonchev–Trinajstić information content (AvgIpc) is 2.85. The topological polar surface area (TPSA) is 43.3 Å². The van der Waals surface area contributed by atoms with E-state index >= 15 is 0 Å². The van der Waals surface area contributed by atoms with Gasteiger partial charge in [-0.3, -0.25) is 0 Å². The number of pyridine rings is 1. The van der Waals surface area contributed by atoms with Crippen molar-refractivity contribution in [2.45, 2.75) is 20.3 Å². The van der Waals surface area contributed by atoms with Gasteiger partial charge in [-0.15, -0.1) is 0 Å². The van der Waals surface area contributed by atoms with Crippen LogP contribution in [0.25, 0.3) is 11.2 Å². The first kappa shape index (κ1) is 10.1. The number of allylic oxidation sites excluding steroid dienone is 3. The van der Waals surface area contributed by atoms with Crippen molar-refractivity contribution in [2.75, 3.05) is 0 Å². The Bertz CT molecular complexity index is 620. The van der Waals surface area contributed by atoms with Gasteiger partial charge in [-0.2, -0.15) is 0 Å². The summed E-state index contributed by atoms with van der Waals surface area (Å²) in [7, 11) is 0. The van der Waals surface area contributed by atoms with Crippen LogP contribution in [0.15, 0.2) is 36.3 Å². The third-order valence-electron chi connectivity index (χ3n) is 3.28. The van der Waals surface area contributed by atoms with Gasteiger partial charge in [0.15, 0.2) is 0 Å². The van der Waals surface area contributed by atoms with Crippen LogP contribution in [0.2, 0.25) is 0 Å². The highest BCUT2D eigenvalue weighted by Crippen LogP contribution is 2.25. The molecular formula is C14H15N3. The number of fused-ring (bicyclic) bond motifs is 1. The molecule has 86 valence electrons. The van der Waals surface area contributed by atoms with Crippen LogP contribution in [0.3, 0.4) is 0 Å². The summed E-state index contributed by atoms with van der Waals surface area (Å²) in [6, 6.07) is 2.12. The van der Waals surface area contributed by atoms with Crippen molar-refractivity contribution in [3.63, 3.8) is 0 Å². The SMILES string of the molecule is Cc1cc2nc(C3=CC=C(N)C3)cn2cc1C. The lowest BCUT2D eigenvalue weighted by atomic mass is 10.2. The summed E-state index contributed by atoms with van der Waals surface area (Å²) >= 11 is 0. The molecule has 1 aliphatic rings. The lowest BCUT2D eigenvalue weighted by Gasteiger charge is -1.99. The normalized spacial score (nSPS) is 15.2. The van der Waals surface area contributed by atoms with Gasteiger partial charge in [0.2, 0.25) is 0 Å². The molecule has 0 amide bonds. The smallest absolute Gasteiger partial charge is 0.137 e. The zero-order valence-corrected chi connectivity index (χ0v) is 10.1. The molecule has 3 rings (SSSR count). The van der Waals surface area contributed by atoms with Crippen molar-refractivity contribution in [1.29, 1.82) is 0 Å². The van der Waals surface area contributed by atoms with E-state index in [0.717, 1.165) is 23.5 Å². The molecule has 1 aliphatic carbocycles. The summed E-state index contributed by atoms with van der Waals surface area (Å²) in [4.78, 5) is 4.64. The van der Waals surface area contributed by atoms with E-state index in [4.69, 9.17) is 5.73 Å². The van der Waals surface area contributed by atoms with Crippen LogP contribution < -0.4 is 5.73 Å². The third kappa shape index (κ3) is 1.64. The van der Waals surface area contributed by atoms with Gasteiger partial charge in [-0.25, -0.2) is 4.98 Å². The lowest BCUT2D eigenvalue weighted by Crippen LogP contribution is -1.93. The Balaban J connectivity index is 2.09. The van der Waals surface area contributed by atoms with E-state index in [0.29, 0.717) is 0 Å². The lowest BCUT2D eigenvalue weighted by molar-refractivity contribution is 1.13. The van der Waals surface area contributed by atoms with Crippen molar-refractivity contribution in [3.8, 4) is 0 Å². The molecule has 2 N–H and O–H groups in total. The predicted molar refractivity (Wildman–Crippen MR) is 69.5 cm³/mol. The minimum Gasteiger partial charge on any atom is -0.402 e. The van der Waals surface area contributed by atoms with Gasteiger partial charge in [-0.1, -0.05) is 6.08 Å². The van der Waals surface area contributed by atoms with Gasteiger partial charge >= 0.3 is 0 Å².